The molecule has 0 bridgehead atoms. The largest absolute Gasteiger partial charge is 0.488 e. The molecule has 142 valence electrons. The van der Waals surface area contributed by atoms with E-state index in [1.807, 2.05) is 54.6 Å². The zero-order valence-electron chi connectivity index (χ0n) is 14.4. The minimum absolute atomic E-state index is 0. The lowest BCUT2D eigenvalue weighted by Gasteiger charge is -2.11. The standard InChI is InChI=1S/C21H18BrCl2NO.ClH/c22-19-11-16(12-25-13-17-3-1-2-4-20(17)24)7-10-21(19)26-14-15-5-8-18(23)9-6-15;/h1-11,25H,12-14H2;1H. The van der Waals surface area contributed by atoms with Crippen molar-refractivity contribution >= 4 is 51.5 Å². The van der Waals surface area contributed by atoms with Crippen LogP contribution in [0.5, 0.6) is 5.75 Å². The Kier molecular flexibility index (Phi) is 8.94. The van der Waals surface area contributed by atoms with Gasteiger partial charge in [-0.15, -0.1) is 12.4 Å². The molecular formula is C21H19BrCl3NO. The molecule has 0 aliphatic heterocycles. The van der Waals surface area contributed by atoms with Crippen molar-refractivity contribution in [2.75, 3.05) is 0 Å². The summed E-state index contributed by atoms with van der Waals surface area (Å²) in [7, 11) is 0. The van der Waals surface area contributed by atoms with Crippen molar-refractivity contribution in [3.05, 3.63) is 97.9 Å². The molecule has 0 fully saturated rings. The fourth-order valence-electron chi connectivity index (χ4n) is 2.50. The van der Waals surface area contributed by atoms with E-state index in [9.17, 15) is 0 Å². The smallest absolute Gasteiger partial charge is 0.134 e. The van der Waals surface area contributed by atoms with E-state index in [1.165, 1.54) is 5.56 Å². The highest BCUT2D eigenvalue weighted by Gasteiger charge is 2.05. The van der Waals surface area contributed by atoms with Gasteiger partial charge in [0.05, 0.1) is 4.47 Å². The second-order valence-electron chi connectivity index (χ2n) is 5.87. The molecule has 0 atom stereocenters. The lowest BCUT2D eigenvalue weighted by Crippen LogP contribution is -2.13. The van der Waals surface area contributed by atoms with Crippen LogP contribution in [0.1, 0.15) is 16.7 Å². The zero-order valence-corrected chi connectivity index (χ0v) is 18.3. The maximum Gasteiger partial charge on any atom is 0.134 e. The molecule has 0 spiro atoms. The molecule has 1 N–H and O–H groups in total. The topological polar surface area (TPSA) is 21.3 Å². The Morgan fingerprint density at radius 3 is 2.26 bits per heavy atom. The summed E-state index contributed by atoms with van der Waals surface area (Å²) in [5.41, 5.74) is 3.34. The summed E-state index contributed by atoms with van der Waals surface area (Å²) in [6, 6.07) is 21.6. The van der Waals surface area contributed by atoms with E-state index in [2.05, 4.69) is 33.4 Å². The Balaban J connectivity index is 0.00000261. The molecule has 0 amide bonds. The molecule has 3 aromatic rings. The van der Waals surface area contributed by atoms with Crippen molar-refractivity contribution < 1.29 is 4.74 Å². The second kappa shape index (κ2) is 10.9. The monoisotopic (exact) mass is 485 g/mol. The van der Waals surface area contributed by atoms with Crippen LogP contribution in [0.4, 0.5) is 0 Å². The Bertz CT molecular complexity index is 872. The molecule has 0 saturated heterocycles. The Morgan fingerprint density at radius 1 is 0.852 bits per heavy atom. The van der Waals surface area contributed by atoms with E-state index in [1.54, 1.807) is 0 Å². The first-order valence-corrected chi connectivity index (χ1v) is 9.76. The Hall–Kier alpha value is -1.23. The average molecular weight is 488 g/mol. The highest BCUT2D eigenvalue weighted by Crippen LogP contribution is 2.27. The predicted octanol–water partition coefficient (Wildman–Crippen LogP) is 7.05. The van der Waals surface area contributed by atoms with Crippen molar-refractivity contribution in [3.63, 3.8) is 0 Å². The van der Waals surface area contributed by atoms with Gasteiger partial charge in [0.1, 0.15) is 12.4 Å². The second-order valence-corrected chi connectivity index (χ2v) is 7.57. The first-order chi connectivity index (χ1) is 12.6. The van der Waals surface area contributed by atoms with E-state index < -0.39 is 0 Å². The number of ether oxygens (including phenoxy) is 1. The van der Waals surface area contributed by atoms with Crippen LogP contribution in [0.15, 0.2) is 71.2 Å². The summed E-state index contributed by atoms with van der Waals surface area (Å²) in [5.74, 6) is 0.815. The predicted molar refractivity (Wildman–Crippen MR) is 119 cm³/mol. The average Bonchev–Trinajstić information content (AvgIpc) is 2.64. The van der Waals surface area contributed by atoms with Crippen molar-refractivity contribution in [2.24, 2.45) is 0 Å². The van der Waals surface area contributed by atoms with Crippen molar-refractivity contribution in [3.8, 4) is 5.75 Å². The molecule has 0 saturated carbocycles. The summed E-state index contributed by atoms with van der Waals surface area (Å²) >= 11 is 15.7. The van der Waals surface area contributed by atoms with E-state index in [4.69, 9.17) is 27.9 Å². The summed E-state index contributed by atoms with van der Waals surface area (Å²) in [6.07, 6.45) is 0. The molecule has 3 rings (SSSR count). The van der Waals surface area contributed by atoms with Gasteiger partial charge >= 0.3 is 0 Å². The van der Waals surface area contributed by atoms with Gasteiger partial charge in [-0.25, -0.2) is 0 Å². The molecule has 27 heavy (non-hydrogen) atoms. The molecule has 0 unspecified atom stereocenters. The van der Waals surface area contributed by atoms with Gasteiger partial charge in [-0.1, -0.05) is 59.6 Å². The minimum Gasteiger partial charge on any atom is -0.488 e. The maximum atomic E-state index is 6.17. The van der Waals surface area contributed by atoms with Crippen molar-refractivity contribution in [2.45, 2.75) is 19.7 Å². The first kappa shape index (κ1) is 22.1. The molecule has 6 heteroatoms. The first-order valence-electron chi connectivity index (χ1n) is 8.21. The van der Waals surface area contributed by atoms with Gasteiger partial charge in [0.15, 0.2) is 0 Å². The van der Waals surface area contributed by atoms with Crippen LogP contribution >= 0.6 is 51.5 Å². The van der Waals surface area contributed by atoms with Crippen LogP contribution in [-0.2, 0) is 19.7 Å². The molecule has 0 heterocycles. The third-order valence-corrected chi connectivity index (χ3v) is 5.15. The Morgan fingerprint density at radius 2 is 1.56 bits per heavy atom. The summed E-state index contributed by atoms with van der Waals surface area (Å²) in [6.45, 7) is 1.98. The fraction of sp³-hybridized carbons (Fsp3) is 0.143. The van der Waals surface area contributed by atoms with Crippen molar-refractivity contribution in [1.82, 2.24) is 5.32 Å². The Labute approximate surface area is 184 Å². The number of halogens is 4. The zero-order chi connectivity index (χ0) is 18.4. The summed E-state index contributed by atoms with van der Waals surface area (Å²) < 4.78 is 6.81. The van der Waals surface area contributed by atoms with Crippen LogP contribution < -0.4 is 10.1 Å². The van der Waals surface area contributed by atoms with Crippen LogP contribution in [0.3, 0.4) is 0 Å². The van der Waals surface area contributed by atoms with Gasteiger partial charge in [-0.2, -0.15) is 0 Å². The molecular weight excluding hydrogens is 469 g/mol. The number of rotatable bonds is 7. The molecule has 0 aliphatic carbocycles. The minimum atomic E-state index is 0. The van der Waals surface area contributed by atoms with Gasteiger partial charge in [0, 0.05) is 23.1 Å². The third kappa shape index (κ3) is 6.70. The van der Waals surface area contributed by atoms with Crippen LogP contribution in [-0.4, -0.2) is 0 Å². The normalized spacial score (nSPS) is 10.3. The van der Waals surface area contributed by atoms with Gasteiger partial charge in [-0.05, 0) is 63.0 Å². The van der Waals surface area contributed by atoms with E-state index in [-0.39, 0.29) is 12.4 Å². The molecule has 2 nitrogen and oxygen atoms in total. The van der Waals surface area contributed by atoms with Crippen molar-refractivity contribution in [1.29, 1.82) is 0 Å². The van der Waals surface area contributed by atoms with Crippen LogP contribution in [0.2, 0.25) is 10.0 Å². The van der Waals surface area contributed by atoms with Gasteiger partial charge in [-0.3, -0.25) is 0 Å². The van der Waals surface area contributed by atoms with Crippen LogP contribution in [0.25, 0.3) is 0 Å². The highest BCUT2D eigenvalue weighted by atomic mass is 79.9. The molecule has 0 aliphatic rings. The third-order valence-electron chi connectivity index (χ3n) is 3.91. The molecule has 0 aromatic heterocycles. The van der Waals surface area contributed by atoms with Gasteiger partial charge < -0.3 is 10.1 Å². The fourth-order valence-corrected chi connectivity index (χ4v) is 3.37. The number of hydrogen-bond donors (Lipinski definition) is 1. The lowest BCUT2D eigenvalue weighted by atomic mass is 10.2. The lowest BCUT2D eigenvalue weighted by molar-refractivity contribution is 0.304. The number of hydrogen-bond acceptors (Lipinski definition) is 2. The molecule has 3 aromatic carbocycles. The number of nitrogens with one attached hydrogen (secondary N) is 1. The maximum absolute atomic E-state index is 6.17. The van der Waals surface area contributed by atoms with E-state index in [0.717, 1.165) is 44.5 Å². The van der Waals surface area contributed by atoms with Gasteiger partial charge in [0.25, 0.3) is 0 Å². The summed E-state index contributed by atoms with van der Waals surface area (Å²) in [4.78, 5) is 0. The molecule has 0 radical (unpaired) electrons. The summed E-state index contributed by atoms with van der Waals surface area (Å²) in [5, 5.41) is 4.92. The highest BCUT2D eigenvalue weighted by molar-refractivity contribution is 9.10. The van der Waals surface area contributed by atoms with E-state index in [0.29, 0.717) is 6.61 Å². The quantitative estimate of drug-likeness (QED) is 0.386. The number of benzene rings is 3. The van der Waals surface area contributed by atoms with E-state index >= 15 is 0 Å². The van der Waals surface area contributed by atoms with Gasteiger partial charge in [0.2, 0.25) is 0 Å². The SMILES string of the molecule is Cl.Clc1ccc(COc2ccc(CNCc3ccccc3Cl)cc2Br)cc1. The van der Waals surface area contributed by atoms with Crippen LogP contribution in [0, 0.1) is 0 Å².